The molecular formula is C7H9. The quantitative estimate of drug-likeness (QED) is 0.430. The molecule has 0 aromatic heterocycles. The molecule has 0 heteroatoms. The van der Waals surface area contributed by atoms with Crippen LogP contribution in [-0.4, -0.2) is 0 Å². The molecule has 0 fully saturated rings. The van der Waals surface area contributed by atoms with Gasteiger partial charge in [-0.1, -0.05) is 23.8 Å². The number of hydrogen-bond donors (Lipinski definition) is 0. The van der Waals surface area contributed by atoms with Crippen LogP contribution in [-0.2, 0) is 0 Å². The van der Waals surface area contributed by atoms with Crippen molar-refractivity contribution in [2.75, 3.05) is 0 Å². The van der Waals surface area contributed by atoms with Gasteiger partial charge >= 0.3 is 0 Å². The van der Waals surface area contributed by atoms with Crippen LogP contribution >= 0.6 is 0 Å². The minimum atomic E-state index is 1.11. The lowest BCUT2D eigenvalue weighted by Crippen LogP contribution is -1.78. The Hall–Kier alpha value is -0.520. The first-order chi connectivity index (χ1) is 3.39. The fraction of sp³-hybridized carbons (Fsp3) is 0.286. The predicted octanol–water partition coefficient (Wildman–Crippen LogP) is 2.10. The molecule has 0 atom stereocenters. The summed E-state index contributed by atoms with van der Waals surface area (Å²) in [6.07, 6.45) is 9.67. The smallest absolute Gasteiger partial charge is 0.00743 e. The van der Waals surface area contributed by atoms with Crippen molar-refractivity contribution in [3.63, 3.8) is 0 Å². The molecule has 0 amide bonds. The van der Waals surface area contributed by atoms with Crippen LogP contribution in [0.2, 0.25) is 0 Å². The van der Waals surface area contributed by atoms with E-state index in [1.807, 2.05) is 0 Å². The topological polar surface area (TPSA) is 0 Å². The van der Waals surface area contributed by atoms with E-state index < -0.39 is 0 Å². The van der Waals surface area contributed by atoms with Gasteiger partial charge in [0.05, 0.1) is 0 Å². The monoisotopic (exact) mass is 93.1 g/mol. The van der Waals surface area contributed by atoms with Gasteiger partial charge < -0.3 is 0 Å². The average molecular weight is 93.1 g/mol. The maximum atomic E-state index is 2.21. The molecule has 1 aliphatic carbocycles. The third-order valence-electron chi connectivity index (χ3n) is 1.07. The van der Waals surface area contributed by atoms with Crippen LogP contribution < -0.4 is 0 Å². The number of hydrogen-bond acceptors (Lipinski definition) is 0. The Morgan fingerprint density at radius 1 is 1.57 bits per heavy atom. The molecule has 0 N–H and O–H groups in total. The van der Waals surface area contributed by atoms with Gasteiger partial charge in [0.2, 0.25) is 0 Å². The summed E-state index contributed by atoms with van der Waals surface area (Å²) in [7, 11) is 0. The van der Waals surface area contributed by atoms with Crippen LogP contribution in [0.25, 0.3) is 0 Å². The molecule has 0 aromatic rings. The van der Waals surface area contributed by atoms with Gasteiger partial charge in [-0.15, -0.1) is 0 Å². The van der Waals surface area contributed by atoms with Crippen LogP contribution in [0.4, 0.5) is 0 Å². The summed E-state index contributed by atoms with van der Waals surface area (Å²) in [5.74, 6) is 0. The van der Waals surface area contributed by atoms with E-state index >= 15 is 0 Å². The molecule has 0 nitrogen and oxygen atoms in total. The van der Waals surface area contributed by atoms with Crippen molar-refractivity contribution in [3.8, 4) is 0 Å². The fourth-order valence-electron chi connectivity index (χ4n) is 0.620. The van der Waals surface area contributed by atoms with Crippen LogP contribution in [0.5, 0.6) is 0 Å². The summed E-state index contributed by atoms with van der Waals surface area (Å²) in [5.41, 5.74) is 1.38. The van der Waals surface area contributed by atoms with Crippen LogP contribution in [0.1, 0.15) is 13.3 Å². The molecule has 0 spiro atoms. The van der Waals surface area contributed by atoms with Crippen molar-refractivity contribution in [2.24, 2.45) is 0 Å². The molecule has 0 saturated heterocycles. The molecule has 1 radical (unpaired) electrons. The largest absolute Gasteiger partial charge is 0.0841 e. The van der Waals surface area contributed by atoms with Gasteiger partial charge in [0, 0.05) is 6.42 Å². The van der Waals surface area contributed by atoms with E-state index in [1.54, 1.807) is 0 Å². The van der Waals surface area contributed by atoms with Gasteiger partial charge in [0.15, 0.2) is 0 Å². The van der Waals surface area contributed by atoms with Crippen LogP contribution in [0.3, 0.4) is 0 Å². The van der Waals surface area contributed by atoms with E-state index in [-0.39, 0.29) is 0 Å². The normalized spacial score (nSPS) is 19.3. The molecule has 0 aromatic carbocycles. The van der Waals surface area contributed by atoms with E-state index in [2.05, 4.69) is 31.6 Å². The second-order valence-corrected chi connectivity index (χ2v) is 1.78. The first-order valence-electron chi connectivity index (χ1n) is 2.56. The average Bonchev–Trinajstić information content (AvgIpc) is 1.69. The van der Waals surface area contributed by atoms with E-state index in [0.717, 1.165) is 6.42 Å². The Kier molecular flexibility index (Phi) is 1.30. The molecule has 0 heterocycles. The highest BCUT2D eigenvalue weighted by atomic mass is 13.9. The zero-order valence-corrected chi connectivity index (χ0v) is 4.52. The number of rotatable bonds is 0. The predicted molar refractivity (Wildman–Crippen MR) is 31.8 cm³/mol. The van der Waals surface area contributed by atoms with Crippen molar-refractivity contribution in [3.05, 3.63) is 30.2 Å². The van der Waals surface area contributed by atoms with Crippen molar-refractivity contribution in [1.29, 1.82) is 0 Å². The highest BCUT2D eigenvalue weighted by molar-refractivity contribution is 5.24. The summed E-state index contributed by atoms with van der Waals surface area (Å²) in [5, 5.41) is 0. The summed E-state index contributed by atoms with van der Waals surface area (Å²) in [6, 6.07) is 0. The maximum absolute atomic E-state index is 2.21. The Morgan fingerprint density at radius 3 is 2.71 bits per heavy atom. The van der Waals surface area contributed by atoms with Gasteiger partial charge in [0.1, 0.15) is 0 Å². The molecule has 1 rings (SSSR count). The lowest BCUT2D eigenvalue weighted by molar-refractivity contribution is 1.25. The standard InChI is InChI=1S/C7H9/c1-7-5-3-2-4-6-7/h2-3,5-6H,4H2,1H3. The van der Waals surface area contributed by atoms with Gasteiger partial charge in [-0.25, -0.2) is 0 Å². The highest BCUT2D eigenvalue weighted by Crippen LogP contribution is 2.06. The summed E-state index contributed by atoms with van der Waals surface area (Å²) in [6.45, 7) is 2.11. The van der Waals surface area contributed by atoms with Crippen molar-refractivity contribution >= 4 is 0 Å². The van der Waals surface area contributed by atoms with Crippen molar-refractivity contribution < 1.29 is 0 Å². The first-order valence-corrected chi connectivity index (χ1v) is 2.56. The zero-order valence-electron chi connectivity index (χ0n) is 4.52. The molecule has 1 aliphatic rings. The molecule has 0 unspecified atom stereocenters. The Labute approximate surface area is 44.5 Å². The van der Waals surface area contributed by atoms with Crippen LogP contribution in [0.15, 0.2) is 23.8 Å². The SMILES string of the molecule is CC1=CCC=C[CH]1. The second kappa shape index (κ2) is 1.97. The fourth-order valence-corrected chi connectivity index (χ4v) is 0.620. The van der Waals surface area contributed by atoms with Gasteiger partial charge in [-0.3, -0.25) is 0 Å². The number of allylic oxidation sites excluding steroid dienone is 4. The Bertz CT molecular complexity index is 107. The van der Waals surface area contributed by atoms with E-state index in [9.17, 15) is 0 Å². The molecule has 0 bridgehead atoms. The lowest BCUT2D eigenvalue weighted by atomic mass is 10.1. The molecule has 7 heavy (non-hydrogen) atoms. The lowest BCUT2D eigenvalue weighted by Gasteiger charge is -1.97. The van der Waals surface area contributed by atoms with Gasteiger partial charge in [0.25, 0.3) is 0 Å². The molecule has 0 saturated carbocycles. The molecule has 0 aliphatic heterocycles. The van der Waals surface area contributed by atoms with Gasteiger partial charge in [-0.05, 0) is 13.3 Å². The van der Waals surface area contributed by atoms with E-state index in [4.69, 9.17) is 0 Å². The van der Waals surface area contributed by atoms with Crippen LogP contribution in [0, 0.1) is 6.42 Å². The maximum Gasteiger partial charge on any atom is 0.00743 e. The second-order valence-electron chi connectivity index (χ2n) is 1.78. The third kappa shape index (κ3) is 1.19. The first kappa shape index (κ1) is 4.63. The highest BCUT2D eigenvalue weighted by Gasteiger charge is 1.87. The minimum absolute atomic E-state index is 1.11. The summed E-state index contributed by atoms with van der Waals surface area (Å²) >= 11 is 0. The summed E-state index contributed by atoms with van der Waals surface area (Å²) in [4.78, 5) is 0. The molecular weight excluding hydrogens is 84.1 g/mol. The van der Waals surface area contributed by atoms with E-state index in [0.29, 0.717) is 0 Å². The van der Waals surface area contributed by atoms with Crippen molar-refractivity contribution in [1.82, 2.24) is 0 Å². The Balaban J connectivity index is 2.50. The molecule has 37 valence electrons. The van der Waals surface area contributed by atoms with E-state index in [1.165, 1.54) is 5.57 Å². The van der Waals surface area contributed by atoms with Gasteiger partial charge in [-0.2, -0.15) is 0 Å². The summed E-state index contributed by atoms with van der Waals surface area (Å²) < 4.78 is 0. The third-order valence-corrected chi connectivity index (χ3v) is 1.07. The Morgan fingerprint density at radius 2 is 2.43 bits per heavy atom. The van der Waals surface area contributed by atoms with Crippen molar-refractivity contribution in [2.45, 2.75) is 13.3 Å². The zero-order chi connectivity index (χ0) is 5.11. The minimum Gasteiger partial charge on any atom is -0.0841 e.